The molecule has 1 aromatic carbocycles. The molecule has 0 unspecified atom stereocenters. The van der Waals surface area contributed by atoms with Gasteiger partial charge in [-0.1, -0.05) is 29.8 Å². The van der Waals surface area contributed by atoms with Gasteiger partial charge in [0, 0.05) is 6.04 Å². The largest absolute Gasteiger partial charge is 0.493 e. The number of aryl methyl sites for hydroxylation is 1. The molecule has 0 amide bonds. The van der Waals surface area contributed by atoms with Gasteiger partial charge in [0.15, 0.2) is 0 Å². The van der Waals surface area contributed by atoms with Gasteiger partial charge in [0.25, 0.3) is 5.56 Å². The normalized spacial score (nSPS) is 14.4. The van der Waals surface area contributed by atoms with Gasteiger partial charge in [0.05, 0.1) is 6.54 Å². The van der Waals surface area contributed by atoms with Gasteiger partial charge in [0.1, 0.15) is 11.4 Å². The Kier molecular flexibility index (Phi) is 3.28. The molecule has 104 valence electrons. The van der Waals surface area contributed by atoms with Crippen LogP contribution in [0.1, 0.15) is 24.2 Å². The van der Waals surface area contributed by atoms with Crippen LogP contribution in [0.3, 0.4) is 0 Å². The lowest BCUT2D eigenvalue weighted by Crippen LogP contribution is -2.21. The van der Waals surface area contributed by atoms with Crippen LogP contribution in [0.15, 0.2) is 29.1 Å². The zero-order valence-electron chi connectivity index (χ0n) is 11.3. The van der Waals surface area contributed by atoms with E-state index in [4.69, 9.17) is 0 Å². The fourth-order valence-electron chi connectivity index (χ4n) is 2.18. The fourth-order valence-corrected chi connectivity index (χ4v) is 2.18. The van der Waals surface area contributed by atoms with Crippen molar-refractivity contribution in [1.82, 2.24) is 15.3 Å². The predicted molar refractivity (Wildman–Crippen MR) is 76.6 cm³/mol. The molecule has 1 aliphatic rings. The lowest BCUT2D eigenvalue weighted by molar-refractivity contribution is 0.448. The molecule has 0 saturated heterocycles. The van der Waals surface area contributed by atoms with E-state index in [1.807, 2.05) is 25.1 Å². The highest BCUT2D eigenvalue weighted by molar-refractivity contribution is 5.67. The standard InChI is InChI=1S/C15H17N3O2/c1-9-3-2-4-10(7-9)13-14(19)17-12(18-15(13)20)8-16-11-5-6-11/h2-4,7,11,16H,5-6,8H2,1H3,(H2,17,18,19,20). The van der Waals surface area contributed by atoms with Gasteiger partial charge in [-0.3, -0.25) is 4.79 Å². The Balaban J connectivity index is 1.93. The van der Waals surface area contributed by atoms with Crippen molar-refractivity contribution < 1.29 is 5.11 Å². The first-order chi connectivity index (χ1) is 9.63. The summed E-state index contributed by atoms with van der Waals surface area (Å²) in [7, 11) is 0. The average molecular weight is 271 g/mol. The maximum absolute atomic E-state index is 12.1. The predicted octanol–water partition coefficient (Wildman–Crippen LogP) is 1.70. The first kappa shape index (κ1) is 12.9. The van der Waals surface area contributed by atoms with E-state index in [-0.39, 0.29) is 17.0 Å². The maximum atomic E-state index is 12.1. The summed E-state index contributed by atoms with van der Waals surface area (Å²) in [6, 6.07) is 7.97. The molecule has 3 rings (SSSR count). The molecule has 5 nitrogen and oxygen atoms in total. The van der Waals surface area contributed by atoms with Crippen LogP contribution in [0.5, 0.6) is 5.88 Å². The van der Waals surface area contributed by atoms with Crippen LogP contribution in [0.4, 0.5) is 0 Å². The van der Waals surface area contributed by atoms with E-state index < -0.39 is 0 Å². The number of nitrogens with zero attached hydrogens (tertiary/aromatic N) is 1. The van der Waals surface area contributed by atoms with Crippen LogP contribution in [0.2, 0.25) is 0 Å². The molecule has 1 aromatic heterocycles. The van der Waals surface area contributed by atoms with Gasteiger partial charge in [0.2, 0.25) is 5.88 Å². The number of rotatable bonds is 4. The van der Waals surface area contributed by atoms with Gasteiger partial charge in [-0.05, 0) is 25.3 Å². The van der Waals surface area contributed by atoms with E-state index in [1.165, 1.54) is 0 Å². The Morgan fingerprint density at radius 3 is 2.90 bits per heavy atom. The third kappa shape index (κ3) is 2.72. The Bertz CT molecular complexity index is 690. The summed E-state index contributed by atoms with van der Waals surface area (Å²) in [5.41, 5.74) is 1.62. The monoisotopic (exact) mass is 271 g/mol. The summed E-state index contributed by atoms with van der Waals surface area (Å²) in [6.07, 6.45) is 2.33. The lowest BCUT2D eigenvalue weighted by Gasteiger charge is -2.07. The van der Waals surface area contributed by atoms with Crippen molar-refractivity contribution in [2.24, 2.45) is 0 Å². The molecule has 0 atom stereocenters. The summed E-state index contributed by atoms with van der Waals surface area (Å²) in [4.78, 5) is 19.0. The molecule has 0 radical (unpaired) electrons. The van der Waals surface area contributed by atoms with Crippen molar-refractivity contribution in [3.8, 4) is 17.0 Å². The zero-order valence-corrected chi connectivity index (χ0v) is 11.3. The Morgan fingerprint density at radius 2 is 2.25 bits per heavy atom. The number of nitrogens with one attached hydrogen (secondary N) is 2. The number of hydrogen-bond donors (Lipinski definition) is 3. The van der Waals surface area contributed by atoms with Crippen LogP contribution in [0, 0.1) is 6.92 Å². The molecule has 5 heteroatoms. The minimum atomic E-state index is -0.310. The second-order valence-electron chi connectivity index (χ2n) is 5.24. The molecule has 3 N–H and O–H groups in total. The number of aromatic amines is 1. The van der Waals surface area contributed by atoms with E-state index in [1.54, 1.807) is 6.07 Å². The first-order valence-electron chi connectivity index (χ1n) is 6.76. The Morgan fingerprint density at radius 1 is 1.45 bits per heavy atom. The number of H-pyrrole nitrogens is 1. The number of benzene rings is 1. The van der Waals surface area contributed by atoms with Crippen molar-refractivity contribution in [3.63, 3.8) is 0 Å². The smallest absolute Gasteiger partial charge is 0.262 e. The quantitative estimate of drug-likeness (QED) is 0.791. The number of hydrogen-bond acceptors (Lipinski definition) is 4. The van der Waals surface area contributed by atoms with Crippen LogP contribution < -0.4 is 10.9 Å². The highest BCUT2D eigenvalue weighted by Crippen LogP contribution is 2.24. The minimum absolute atomic E-state index is 0.216. The molecule has 1 saturated carbocycles. The Hall–Kier alpha value is -2.14. The van der Waals surface area contributed by atoms with Gasteiger partial charge in [-0.25, -0.2) is 0 Å². The summed E-state index contributed by atoms with van der Waals surface area (Å²) in [5.74, 6) is 0.253. The van der Waals surface area contributed by atoms with Crippen molar-refractivity contribution in [2.45, 2.75) is 32.4 Å². The van der Waals surface area contributed by atoms with Gasteiger partial charge in [-0.2, -0.15) is 4.98 Å². The summed E-state index contributed by atoms with van der Waals surface area (Å²) < 4.78 is 0. The van der Waals surface area contributed by atoms with Crippen LogP contribution in [-0.2, 0) is 6.54 Å². The van der Waals surface area contributed by atoms with Gasteiger partial charge >= 0.3 is 0 Å². The van der Waals surface area contributed by atoms with Crippen molar-refractivity contribution in [1.29, 1.82) is 0 Å². The van der Waals surface area contributed by atoms with Gasteiger partial charge < -0.3 is 15.4 Å². The topological polar surface area (TPSA) is 78.0 Å². The molecular weight excluding hydrogens is 254 g/mol. The van der Waals surface area contributed by atoms with Crippen molar-refractivity contribution in [2.75, 3.05) is 0 Å². The second-order valence-corrected chi connectivity index (χ2v) is 5.24. The molecule has 0 spiro atoms. The van der Waals surface area contributed by atoms with Crippen LogP contribution in [0.25, 0.3) is 11.1 Å². The summed E-state index contributed by atoms with van der Waals surface area (Å²) in [5, 5.41) is 13.3. The summed E-state index contributed by atoms with van der Waals surface area (Å²) in [6.45, 7) is 2.41. The Labute approximate surface area is 116 Å². The fraction of sp³-hybridized carbons (Fsp3) is 0.333. The lowest BCUT2D eigenvalue weighted by atomic mass is 10.1. The average Bonchev–Trinajstić information content (AvgIpc) is 3.19. The molecular formula is C15H17N3O2. The molecule has 1 fully saturated rings. The van der Waals surface area contributed by atoms with E-state index in [0.717, 1.165) is 18.4 Å². The molecule has 1 heterocycles. The van der Waals surface area contributed by atoms with E-state index in [2.05, 4.69) is 15.3 Å². The van der Waals surface area contributed by atoms with E-state index in [9.17, 15) is 9.90 Å². The molecule has 0 aliphatic heterocycles. The summed E-state index contributed by atoms with van der Waals surface area (Å²) >= 11 is 0. The molecule has 0 bridgehead atoms. The minimum Gasteiger partial charge on any atom is -0.493 e. The van der Waals surface area contributed by atoms with Gasteiger partial charge in [-0.15, -0.1) is 0 Å². The maximum Gasteiger partial charge on any atom is 0.262 e. The number of aromatic nitrogens is 2. The van der Waals surface area contributed by atoms with E-state index in [0.29, 0.717) is 24.0 Å². The molecule has 2 aromatic rings. The second kappa shape index (κ2) is 5.09. The van der Waals surface area contributed by atoms with Crippen molar-refractivity contribution >= 4 is 0 Å². The third-order valence-electron chi connectivity index (χ3n) is 3.39. The van der Waals surface area contributed by atoms with Crippen LogP contribution >= 0.6 is 0 Å². The molecule has 20 heavy (non-hydrogen) atoms. The highest BCUT2D eigenvalue weighted by atomic mass is 16.3. The molecule has 1 aliphatic carbocycles. The highest BCUT2D eigenvalue weighted by Gasteiger charge is 2.21. The van der Waals surface area contributed by atoms with Crippen LogP contribution in [-0.4, -0.2) is 21.1 Å². The first-order valence-corrected chi connectivity index (χ1v) is 6.76. The zero-order chi connectivity index (χ0) is 14.1. The van der Waals surface area contributed by atoms with Crippen molar-refractivity contribution in [3.05, 3.63) is 46.0 Å². The third-order valence-corrected chi connectivity index (χ3v) is 3.39. The SMILES string of the molecule is Cc1cccc(-c2c(O)nc(CNC3CC3)[nH]c2=O)c1. The number of aromatic hydroxyl groups is 1. The van der Waals surface area contributed by atoms with E-state index >= 15 is 0 Å².